The number of carbonyl (C=O) groups is 1. The van der Waals surface area contributed by atoms with Crippen molar-refractivity contribution in [3.8, 4) is 0 Å². The van der Waals surface area contributed by atoms with Crippen molar-refractivity contribution < 1.29 is 18.3 Å². The van der Waals surface area contributed by atoms with E-state index < -0.39 is 15.8 Å². The predicted molar refractivity (Wildman–Crippen MR) is 71.1 cm³/mol. The fourth-order valence-electron chi connectivity index (χ4n) is 2.20. The first-order valence-electron chi connectivity index (χ1n) is 6.27. The maximum absolute atomic E-state index is 12.1. The van der Waals surface area contributed by atoms with E-state index in [0.29, 0.717) is 6.54 Å². The van der Waals surface area contributed by atoms with Crippen molar-refractivity contribution in [2.24, 2.45) is 0 Å². The number of aromatic carboxylic acids is 1. The predicted octanol–water partition coefficient (Wildman–Crippen LogP) is 1.25. The first kappa shape index (κ1) is 14.0. The van der Waals surface area contributed by atoms with Crippen molar-refractivity contribution >= 4 is 15.8 Å². The van der Waals surface area contributed by atoms with Gasteiger partial charge in [0.25, 0.3) is 0 Å². The van der Waals surface area contributed by atoms with Crippen LogP contribution in [-0.4, -0.2) is 49.8 Å². The molecule has 1 aromatic carbocycles. The van der Waals surface area contributed by atoms with Gasteiger partial charge in [0.2, 0.25) is 0 Å². The quantitative estimate of drug-likeness (QED) is 0.880. The average molecular weight is 283 g/mol. The second-order valence-electron chi connectivity index (χ2n) is 4.70. The number of hydrogen-bond donors (Lipinski definition) is 1. The molecule has 6 heteroatoms. The molecule has 1 aromatic rings. The molecular weight excluding hydrogens is 266 g/mol. The topological polar surface area (TPSA) is 74.7 Å². The Bertz CT molecular complexity index is 562. The molecule has 1 aliphatic heterocycles. The van der Waals surface area contributed by atoms with E-state index >= 15 is 0 Å². The van der Waals surface area contributed by atoms with Crippen LogP contribution in [0.2, 0.25) is 0 Å². The molecular formula is C13H17NO4S. The van der Waals surface area contributed by atoms with Crippen LogP contribution in [0.5, 0.6) is 0 Å². The summed E-state index contributed by atoms with van der Waals surface area (Å²) in [5.41, 5.74) is 0.00208. The summed E-state index contributed by atoms with van der Waals surface area (Å²) in [7, 11) is -3.41. The van der Waals surface area contributed by atoms with Crippen molar-refractivity contribution in [2.45, 2.75) is 17.7 Å². The molecule has 0 aliphatic carbocycles. The zero-order valence-corrected chi connectivity index (χ0v) is 11.4. The van der Waals surface area contributed by atoms with Gasteiger partial charge in [0.05, 0.1) is 16.2 Å². The summed E-state index contributed by atoms with van der Waals surface area (Å²) in [4.78, 5) is 13.1. The lowest BCUT2D eigenvalue weighted by Crippen LogP contribution is -2.26. The Hall–Kier alpha value is -1.40. The Labute approximate surface area is 112 Å². The minimum Gasteiger partial charge on any atom is -0.478 e. The van der Waals surface area contributed by atoms with Crippen molar-refractivity contribution in [1.82, 2.24) is 4.90 Å². The maximum atomic E-state index is 12.1. The number of carboxylic acids is 1. The zero-order valence-electron chi connectivity index (χ0n) is 10.6. The van der Waals surface area contributed by atoms with E-state index in [9.17, 15) is 13.2 Å². The van der Waals surface area contributed by atoms with Crippen LogP contribution in [0.15, 0.2) is 29.2 Å². The number of carboxylic acid groups (broad SMARTS) is 1. The van der Waals surface area contributed by atoms with Crippen LogP contribution < -0.4 is 0 Å². The van der Waals surface area contributed by atoms with Gasteiger partial charge in [-0.15, -0.1) is 0 Å². The molecule has 1 aliphatic rings. The van der Waals surface area contributed by atoms with Crippen molar-refractivity contribution in [1.29, 1.82) is 0 Å². The summed E-state index contributed by atoms with van der Waals surface area (Å²) < 4.78 is 24.3. The number of sulfone groups is 1. The monoisotopic (exact) mass is 283 g/mol. The highest BCUT2D eigenvalue weighted by Gasteiger charge is 2.19. The standard InChI is InChI=1S/C13H17NO4S/c15-13(16)11-4-3-5-12(10-11)19(17,18)9-8-14-6-1-2-7-14/h3-5,10H,1-2,6-9H2,(H,15,16). The second kappa shape index (κ2) is 5.71. The molecule has 19 heavy (non-hydrogen) atoms. The summed E-state index contributed by atoms with van der Waals surface area (Å²) in [6.07, 6.45) is 2.24. The molecule has 1 N–H and O–H groups in total. The molecule has 0 saturated carbocycles. The van der Waals surface area contributed by atoms with Crippen LogP contribution in [0.3, 0.4) is 0 Å². The fourth-order valence-corrected chi connectivity index (χ4v) is 3.52. The van der Waals surface area contributed by atoms with E-state index in [1.54, 1.807) is 0 Å². The Balaban J connectivity index is 2.09. The van der Waals surface area contributed by atoms with Crippen molar-refractivity contribution in [2.75, 3.05) is 25.4 Å². The van der Waals surface area contributed by atoms with Crippen LogP contribution in [-0.2, 0) is 9.84 Å². The Morgan fingerprint density at radius 3 is 2.58 bits per heavy atom. The van der Waals surface area contributed by atoms with E-state index in [4.69, 9.17) is 5.11 Å². The Kier molecular flexibility index (Phi) is 4.21. The molecule has 2 rings (SSSR count). The third kappa shape index (κ3) is 3.54. The molecule has 0 spiro atoms. The molecule has 1 fully saturated rings. The molecule has 0 atom stereocenters. The summed E-state index contributed by atoms with van der Waals surface area (Å²) in [6, 6.07) is 5.53. The average Bonchev–Trinajstić information content (AvgIpc) is 2.90. The van der Waals surface area contributed by atoms with Gasteiger partial charge in [0.15, 0.2) is 9.84 Å². The SMILES string of the molecule is O=C(O)c1cccc(S(=O)(=O)CCN2CCCC2)c1. The molecule has 0 aromatic heterocycles. The van der Waals surface area contributed by atoms with Gasteiger partial charge >= 0.3 is 5.97 Å². The first-order chi connectivity index (χ1) is 8.99. The van der Waals surface area contributed by atoms with Crippen molar-refractivity contribution in [3.05, 3.63) is 29.8 Å². The van der Waals surface area contributed by atoms with Crippen molar-refractivity contribution in [3.63, 3.8) is 0 Å². The summed E-state index contributed by atoms with van der Waals surface area (Å²) in [6.45, 7) is 2.41. The number of hydrogen-bond acceptors (Lipinski definition) is 4. The number of benzene rings is 1. The molecule has 104 valence electrons. The molecule has 0 radical (unpaired) electrons. The van der Waals surface area contributed by atoms with Gasteiger partial charge in [-0.25, -0.2) is 13.2 Å². The molecule has 0 unspecified atom stereocenters. The fraction of sp³-hybridized carbons (Fsp3) is 0.462. The number of nitrogens with zero attached hydrogens (tertiary/aromatic N) is 1. The lowest BCUT2D eigenvalue weighted by Gasteiger charge is -2.14. The van der Waals surface area contributed by atoms with Crippen LogP contribution in [0.25, 0.3) is 0 Å². The van der Waals surface area contributed by atoms with Gasteiger partial charge in [-0.2, -0.15) is 0 Å². The molecule has 1 saturated heterocycles. The summed E-state index contributed by atoms with van der Waals surface area (Å²) in [5, 5.41) is 8.87. The van der Waals surface area contributed by atoms with E-state index in [2.05, 4.69) is 4.90 Å². The minimum absolute atomic E-state index is 0.00208. The van der Waals surface area contributed by atoms with Crippen LogP contribution >= 0.6 is 0 Å². The van der Waals surface area contributed by atoms with E-state index in [-0.39, 0.29) is 16.2 Å². The van der Waals surface area contributed by atoms with Gasteiger partial charge in [-0.3, -0.25) is 0 Å². The minimum atomic E-state index is -3.41. The van der Waals surface area contributed by atoms with Gasteiger partial charge in [-0.1, -0.05) is 6.07 Å². The largest absolute Gasteiger partial charge is 0.478 e. The number of rotatable bonds is 5. The van der Waals surface area contributed by atoms with E-state index in [1.165, 1.54) is 24.3 Å². The Morgan fingerprint density at radius 2 is 1.95 bits per heavy atom. The Morgan fingerprint density at radius 1 is 1.26 bits per heavy atom. The third-order valence-corrected chi connectivity index (χ3v) is 5.01. The van der Waals surface area contributed by atoms with Gasteiger partial charge in [-0.05, 0) is 44.1 Å². The third-order valence-electron chi connectivity index (χ3n) is 3.32. The molecule has 1 heterocycles. The molecule has 0 bridgehead atoms. The van der Waals surface area contributed by atoms with E-state index in [1.807, 2.05) is 0 Å². The summed E-state index contributed by atoms with van der Waals surface area (Å²) in [5.74, 6) is -1.08. The lowest BCUT2D eigenvalue weighted by molar-refractivity contribution is 0.0696. The molecule has 5 nitrogen and oxygen atoms in total. The highest BCUT2D eigenvalue weighted by atomic mass is 32.2. The van der Waals surface area contributed by atoms with E-state index in [0.717, 1.165) is 25.9 Å². The van der Waals surface area contributed by atoms with Gasteiger partial charge < -0.3 is 10.0 Å². The molecule has 0 amide bonds. The zero-order chi connectivity index (χ0) is 13.9. The first-order valence-corrected chi connectivity index (χ1v) is 7.93. The highest BCUT2D eigenvalue weighted by molar-refractivity contribution is 7.91. The highest BCUT2D eigenvalue weighted by Crippen LogP contribution is 2.15. The van der Waals surface area contributed by atoms with Crippen LogP contribution in [0.4, 0.5) is 0 Å². The van der Waals surface area contributed by atoms with Crippen LogP contribution in [0.1, 0.15) is 23.2 Å². The summed E-state index contributed by atoms with van der Waals surface area (Å²) >= 11 is 0. The maximum Gasteiger partial charge on any atom is 0.335 e. The normalized spacial score (nSPS) is 16.6. The van der Waals surface area contributed by atoms with Gasteiger partial charge in [0.1, 0.15) is 0 Å². The lowest BCUT2D eigenvalue weighted by atomic mass is 10.2. The van der Waals surface area contributed by atoms with Gasteiger partial charge in [0, 0.05) is 6.54 Å². The number of likely N-dealkylation sites (tertiary alicyclic amines) is 1. The second-order valence-corrected chi connectivity index (χ2v) is 6.81. The smallest absolute Gasteiger partial charge is 0.335 e. The van der Waals surface area contributed by atoms with Crippen LogP contribution in [0, 0.1) is 0 Å².